The Morgan fingerprint density at radius 1 is 0.789 bits per heavy atom. The summed E-state index contributed by atoms with van der Waals surface area (Å²) in [6, 6.07) is 10.7. The molecule has 1 nitrogen and oxygen atoms in total. The fourth-order valence-corrected chi connectivity index (χ4v) is 2.54. The van der Waals surface area contributed by atoms with Gasteiger partial charge in [0.15, 0.2) is 0 Å². The molecule has 19 heavy (non-hydrogen) atoms. The van der Waals surface area contributed by atoms with E-state index in [9.17, 15) is 0 Å². The molecule has 0 saturated heterocycles. The zero-order valence-corrected chi connectivity index (χ0v) is 12.6. The van der Waals surface area contributed by atoms with E-state index in [0.29, 0.717) is 0 Å². The molecule has 0 aliphatic carbocycles. The Morgan fingerprint density at radius 2 is 1.32 bits per heavy atom. The van der Waals surface area contributed by atoms with Gasteiger partial charge in [0.2, 0.25) is 0 Å². The van der Waals surface area contributed by atoms with Gasteiger partial charge in [-0.1, -0.05) is 95.0 Å². The van der Waals surface area contributed by atoms with Gasteiger partial charge in [0.1, 0.15) is 0 Å². The highest BCUT2D eigenvalue weighted by atomic mass is 14.6. The standard InChI is InChI=1S/C18H31N/c1-2-3-4-5-6-7-8-9-13-16-18(19)17-14-11-10-12-15-17/h10-12,14-15,18H,2-9,13,16,19H2,1H3/t18-/m0/s1. The maximum Gasteiger partial charge on any atom is 0.0294 e. The van der Waals surface area contributed by atoms with Crippen LogP contribution in [0.4, 0.5) is 0 Å². The van der Waals surface area contributed by atoms with Crippen LogP contribution < -0.4 is 5.73 Å². The predicted octanol–water partition coefficient (Wildman–Crippen LogP) is 5.61. The molecule has 0 aromatic heterocycles. The van der Waals surface area contributed by atoms with Gasteiger partial charge in [0, 0.05) is 6.04 Å². The molecule has 0 aliphatic heterocycles. The average Bonchev–Trinajstić information content (AvgIpc) is 2.46. The fourth-order valence-electron chi connectivity index (χ4n) is 2.54. The zero-order valence-electron chi connectivity index (χ0n) is 12.6. The predicted molar refractivity (Wildman–Crippen MR) is 85.2 cm³/mol. The molecule has 0 fully saturated rings. The van der Waals surface area contributed by atoms with E-state index in [1.54, 1.807) is 0 Å². The van der Waals surface area contributed by atoms with Crippen LogP contribution >= 0.6 is 0 Å². The molecule has 1 rings (SSSR count). The largest absolute Gasteiger partial charge is 0.324 e. The molecule has 2 N–H and O–H groups in total. The van der Waals surface area contributed by atoms with Crippen LogP contribution in [0.25, 0.3) is 0 Å². The van der Waals surface area contributed by atoms with Gasteiger partial charge < -0.3 is 5.73 Å². The van der Waals surface area contributed by atoms with Crippen LogP contribution in [0.2, 0.25) is 0 Å². The molecule has 0 unspecified atom stereocenters. The van der Waals surface area contributed by atoms with Gasteiger partial charge in [-0.15, -0.1) is 0 Å². The lowest BCUT2D eigenvalue weighted by atomic mass is 10.0. The van der Waals surface area contributed by atoms with E-state index in [4.69, 9.17) is 5.73 Å². The van der Waals surface area contributed by atoms with Gasteiger partial charge in [-0.25, -0.2) is 0 Å². The van der Waals surface area contributed by atoms with Crippen molar-refractivity contribution in [1.29, 1.82) is 0 Å². The van der Waals surface area contributed by atoms with Gasteiger partial charge in [-0.3, -0.25) is 0 Å². The van der Waals surface area contributed by atoms with Gasteiger partial charge in [0.05, 0.1) is 0 Å². The molecule has 1 atom stereocenters. The van der Waals surface area contributed by atoms with Crippen molar-refractivity contribution < 1.29 is 0 Å². The summed E-state index contributed by atoms with van der Waals surface area (Å²) in [6.07, 6.45) is 13.6. The second-order valence-electron chi connectivity index (χ2n) is 5.63. The van der Waals surface area contributed by atoms with Gasteiger partial charge in [0.25, 0.3) is 0 Å². The third-order valence-electron chi connectivity index (χ3n) is 3.85. The number of nitrogens with two attached hydrogens (primary N) is 1. The molecular formula is C18H31N. The summed E-state index contributed by atoms with van der Waals surface area (Å²) in [4.78, 5) is 0. The lowest BCUT2D eigenvalue weighted by Crippen LogP contribution is -2.09. The van der Waals surface area contributed by atoms with Crippen molar-refractivity contribution >= 4 is 0 Å². The monoisotopic (exact) mass is 261 g/mol. The molecular weight excluding hydrogens is 230 g/mol. The van der Waals surface area contributed by atoms with Gasteiger partial charge in [-0.2, -0.15) is 0 Å². The van der Waals surface area contributed by atoms with Crippen LogP contribution in [-0.4, -0.2) is 0 Å². The van der Waals surface area contributed by atoms with Crippen molar-refractivity contribution in [3.63, 3.8) is 0 Å². The lowest BCUT2D eigenvalue weighted by molar-refractivity contribution is 0.532. The summed E-state index contributed by atoms with van der Waals surface area (Å²) in [5.41, 5.74) is 7.47. The molecule has 0 radical (unpaired) electrons. The molecule has 108 valence electrons. The molecule has 1 aromatic carbocycles. The fraction of sp³-hybridized carbons (Fsp3) is 0.667. The number of benzene rings is 1. The van der Waals surface area contributed by atoms with E-state index in [1.165, 1.54) is 63.4 Å². The van der Waals surface area contributed by atoms with E-state index >= 15 is 0 Å². The summed E-state index contributed by atoms with van der Waals surface area (Å²) >= 11 is 0. The molecule has 0 aliphatic rings. The van der Waals surface area contributed by atoms with Crippen LogP contribution in [0.3, 0.4) is 0 Å². The van der Waals surface area contributed by atoms with E-state index in [0.717, 1.165) is 6.42 Å². The van der Waals surface area contributed by atoms with Gasteiger partial charge in [-0.05, 0) is 12.0 Å². The van der Waals surface area contributed by atoms with Crippen LogP contribution in [0, 0.1) is 0 Å². The van der Waals surface area contributed by atoms with Crippen LogP contribution in [0.5, 0.6) is 0 Å². The van der Waals surface area contributed by atoms with Crippen molar-refractivity contribution in [3.8, 4) is 0 Å². The van der Waals surface area contributed by atoms with Crippen LogP contribution in [0.15, 0.2) is 30.3 Å². The van der Waals surface area contributed by atoms with Crippen molar-refractivity contribution in [1.82, 2.24) is 0 Å². The van der Waals surface area contributed by atoms with E-state index in [-0.39, 0.29) is 6.04 Å². The Morgan fingerprint density at radius 3 is 1.89 bits per heavy atom. The first kappa shape index (κ1) is 16.2. The van der Waals surface area contributed by atoms with E-state index in [1.807, 2.05) is 0 Å². The van der Waals surface area contributed by atoms with Gasteiger partial charge >= 0.3 is 0 Å². The first-order valence-electron chi connectivity index (χ1n) is 8.15. The minimum Gasteiger partial charge on any atom is -0.324 e. The maximum atomic E-state index is 6.19. The minimum atomic E-state index is 0.228. The molecule has 1 heteroatoms. The van der Waals surface area contributed by atoms with Crippen molar-refractivity contribution in [2.75, 3.05) is 0 Å². The Kier molecular flexibility index (Phi) is 9.44. The molecule has 0 saturated carbocycles. The summed E-state index contributed by atoms with van der Waals surface area (Å²) in [5, 5.41) is 0. The minimum absolute atomic E-state index is 0.228. The molecule has 0 bridgehead atoms. The topological polar surface area (TPSA) is 26.0 Å². The Balaban J connectivity index is 1.93. The zero-order chi connectivity index (χ0) is 13.8. The molecule has 1 aromatic rings. The number of hydrogen-bond acceptors (Lipinski definition) is 1. The maximum absolute atomic E-state index is 6.19. The SMILES string of the molecule is CCCCCCCCCCC[C@H](N)c1ccccc1. The Labute approximate surface area is 119 Å². The molecule has 0 heterocycles. The second kappa shape index (κ2) is 11.0. The third-order valence-corrected chi connectivity index (χ3v) is 3.85. The molecule has 0 spiro atoms. The summed E-state index contributed by atoms with van der Waals surface area (Å²) in [6.45, 7) is 2.27. The normalized spacial score (nSPS) is 12.5. The van der Waals surface area contributed by atoms with Crippen LogP contribution in [0.1, 0.15) is 82.7 Å². The average molecular weight is 261 g/mol. The lowest BCUT2D eigenvalue weighted by Gasteiger charge is -2.11. The highest BCUT2D eigenvalue weighted by Gasteiger charge is 2.04. The smallest absolute Gasteiger partial charge is 0.0294 e. The first-order chi connectivity index (χ1) is 9.34. The van der Waals surface area contributed by atoms with E-state index in [2.05, 4.69) is 37.3 Å². The summed E-state index contributed by atoms with van der Waals surface area (Å²) < 4.78 is 0. The first-order valence-corrected chi connectivity index (χ1v) is 8.15. The van der Waals surface area contributed by atoms with Crippen LogP contribution in [-0.2, 0) is 0 Å². The molecule has 0 amide bonds. The third kappa shape index (κ3) is 8.05. The number of hydrogen-bond donors (Lipinski definition) is 1. The number of unbranched alkanes of at least 4 members (excludes halogenated alkanes) is 8. The number of rotatable bonds is 11. The van der Waals surface area contributed by atoms with E-state index < -0.39 is 0 Å². The van der Waals surface area contributed by atoms with Crippen molar-refractivity contribution in [2.24, 2.45) is 5.73 Å². The van der Waals surface area contributed by atoms with Crippen molar-refractivity contribution in [3.05, 3.63) is 35.9 Å². The van der Waals surface area contributed by atoms with Crippen molar-refractivity contribution in [2.45, 2.75) is 77.2 Å². The second-order valence-corrected chi connectivity index (χ2v) is 5.63. The Bertz CT molecular complexity index is 294. The summed E-state index contributed by atoms with van der Waals surface area (Å²) in [5.74, 6) is 0. The quantitative estimate of drug-likeness (QED) is 0.515. The highest BCUT2D eigenvalue weighted by Crippen LogP contribution is 2.18. The summed E-state index contributed by atoms with van der Waals surface area (Å²) in [7, 11) is 0. The highest BCUT2D eigenvalue weighted by molar-refractivity contribution is 5.18. The Hall–Kier alpha value is -0.820.